The summed E-state index contributed by atoms with van der Waals surface area (Å²) in [6.45, 7) is 16.7. The van der Waals surface area contributed by atoms with E-state index in [1.54, 1.807) is 4.90 Å². The van der Waals surface area contributed by atoms with Crippen LogP contribution >= 0.6 is 0 Å². The van der Waals surface area contributed by atoms with Crippen LogP contribution in [0.5, 0.6) is 0 Å². The van der Waals surface area contributed by atoms with Crippen LogP contribution in [0.4, 0.5) is 9.59 Å². The Bertz CT molecular complexity index is 545. The van der Waals surface area contributed by atoms with E-state index in [9.17, 15) is 9.59 Å². The van der Waals surface area contributed by atoms with Gasteiger partial charge in [-0.3, -0.25) is 0 Å². The van der Waals surface area contributed by atoms with Crippen molar-refractivity contribution in [2.45, 2.75) is 92.5 Å². The molecule has 1 amide bonds. The normalized spacial score (nSPS) is 16.6. The SMILES string of the molecule is CC(C)OC(=O)N1CC=C(C(C)(C)CCC(C)OC(=O)OC(C)(C)C)CC1. The van der Waals surface area contributed by atoms with Crippen molar-refractivity contribution < 1.29 is 23.8 Å². The zero-order valence-corrected chi connectivity index (χ0v) is 18.3. The molecule has 1 rings (SSSR count). The fourth-order valence-corrected chi connectivity index (χ4v) is 2.95. The van der Waals surface area contributed by atoms with E-state index in [-0.39, 0.29) is 23.7 Å². The van der Waals surface area contributed by atoms with E-state index < -0.39 is 11.8 Å². The van der Waals surface area contributed by atoms with Crippen molar-refractivity contribution in [2.24, 2.45) is 5.41 Å². The molecule has 0 bridgehead atoms. The Balaban J connectivity index is 2.50. The smallest absolute Gasteiger partial charge is 0.447 e. The lowest BCUT2D eigenvalue weighted by Crippen LogP contribution is -2.38. The number of hydrogen-bond donors (Lipinski definition) is 0. The van der Waals surface area contributed by atoms with E-state index in [1.165, 1.54) is 5.57 Å². The number of hydrogen-bond acceptors (Lipinski definition) is 5. The molecule has 0 aromatic heterocycles. The highest BCUT2D eigenvalue weighted by molar-refractivity contribution is 5.68. The lowest BCUT2D eigenvalue weighted by atomic mass is 9.77. The molecule has 1 aliphatic heterocycles. The summed E-state index contributed by atoms with van der Waals surface area (Å²) in [7, 11) is 0. The number of nitrogens with zero attached hydrogens (tertiary/aromatic N) is 1. The van der Waals surface area contributed by atoms with E-state index >= 15 is 0 Å². The average Bonchev–Trinajstić information content (AvgIpc) is 2.50. The van der Waals surface area contributed by atoms with Gasteiger partial charge in [-0.2, -0.15) is 0 Å². The van der Waals surface area contributed by atoms with Gasteiger partial charge in [0, 0.05) is 13.1 Å². The number of rotatable bonds is 6. The van der Waals surface area contributed by atoms with E-state index in [0.29, 0.717) is 13.1 Å². The van der Waals surface area contributed by atoms with Gasteiger partial charge in [0.05, 0.1) is 6.10 Å². The third-order valence-electron chi connectivity index (χ3n) is 4.54. The van der Waals surface area contributed by atoms with Gasteiger partial charge < -0.3 is 19.1 Å². The molecule has 0 aromatic rings. The molecule has 6 heteroatoms. The fourth-order valence-electron chi connectivity index (χ4n) is 2.95. The molecule has 0 fully saturated rings. The molecule has 0 spiro atoms. The van der Waals surface area contributed by atoms with Gasteiger partial charge >= 0.3 is 12.2 Å². The molecular formula is C21H37NO5. The number of carbonyl (C=O) groups is 2. The Labute approximate surface area is 164 Å². The Morgan fingerprint density at radius 3 is 2.22 bits per heavy atom. The molecule has 27 heavy (non-hydrogen) atoms. The standard InChI is InChI=1S/C21H37NO5/c1-15(2)25-18(23)22-13-10-17(11-14-22)21(7,8)12-9-16(3)26-19(24)27-20(4,5)6/h10,15-16H,9,11-14H2,1-8H3. The van der Waals surface area contributed by atoms with Crippen LogP contribution in [-0.4, -0.2) is 48.0 Å². The molecule has 0 aromatic carbocycles. The van der Waals surface area contributed by atoms with Crippen molar-refractivity contribution in [1.82, 2.24) is 4.90 Å². The van der Waals surface area contributed by atoms with Crippen molar-refractivity contribution in [2.75, 3.05) is 13.1 Å². The minimum absolute atomic E-state index is 0.0143. The first-order chi connectivity index (χ1) is 12.3. The van der Waals surface area contributed by atoms with E-state index in [1.807, 2.05) is 41.5 Å². The van der Waals surface area contributed by atoms with E-state index in [2.05, 4.69) is 19.9 Å². The van der Waals surface area contributed by atoms with Crippen LogP contribution in [0.1, 0.15) is 74.7 Å². The Morgan fingerprint density at radius 1 is 1.11 bits per heavy atom. The minimum Gasteiger partial charge on any atom is -0.447 e. The van der Waals surface area contributed by atoms with E-state index in [4.69, 9.17) is 14.2 Å². The van der Waals surface area contributed by atoms with Gasteiger partial charge in [0.15, 0.2) is 0 Å². The summed E-state index contributed by atoms with van der Waals surface area (Å²) in [5.74, 6) is 0. The maximum absolute atomic E-state index is 12.0. The first-order valence-corrected chi connectivity index (χ1v) is 9.85. The first kappa shape index (κ1) is 23.3. The third kappa shape index (κ3) is 8.67. The summed E-state index contributed by atoms with van der Waals surface area (Å²) >= 11 is 0. The molecule has 0 N–H and O–H groups in total. The van der Waals surface area contributed by atoms with Crippen LogP contribution in [0.25, 0.3) is 0 Å². The monoisotopic (exact) mass is 383 g/mol. The van der Waals surface area contributed by atoms with Crippen molar-refractivity contribution >= 4 is 12.2 Å². The molecule has 0 saturated carbocycles. The summed E-state index contributed by atoms with van der Waals surface area (Å²) in [4.78, 5) is 25.5. The number of ether oxygens (including phenoxy) is 3. The van der Waals surface area contributed by atoms with Crippen LogP contribution in [0.2, 0.25) is 0 Å². The van der Waals surface area contributed by atoms with Crippen LogP contribution < -0.4 is 0 Å². The molecule has 156 valence electrons. The summed E-state index contributed by atoms with van der Waals surface area (Å²) < 4.78 is 15.8. The van der Waals surface area contributed by atoms with Gasteiger partial charge in [-0.1, -0.05) is 25.5 Å². The topological polar surface area (TPSA) is 65.1 Å². The highest BCUT2D eigenvalue weighted by Gasteiger charge is 2.29. The summed E-state index contributed by atoms with van der Waals surface area (Å²) in [5, 5.41) is 0. The largest absolute Gasteiger partial charge is 0.509 e. The van der Waals surface area contributed by atoms with Crippen molar-refractivity contribution in [3.63, 3.8) is 0 Å². The second-order valence-corrected chi connectivity index (χ2v) is 9.17. The first-order valence-electron chi connectivity index (χ1n) is 9.85. The molecule has 1 aliphatic rings. The van der Waals surface area contributed by atoms with Crippen molar-refractivity contribution in [3.8, 4) is 0 Å². The lowest BCUT2D eigenvalue weighted by Gasteiger charge is -2.35. The van der Waals surface area contributed by atoms with Gasteiger partial charge in [-0.15, -0.1) is 0 Å². The predicted molar refractivity (Wildman–Crippen MR) is 106 cm³/mol. The zero-order valence-electron chi connectivity index (χ0n) is 18.3. The maximum atomic E-state index is 12.0. The molecule has 1 heterocycles. The number of carbonyl (C=O) groups excluding carboxylic acids is 2. The molecule has 1 atom stereocenters. The van der Waals surface area contributed by atoms with Gasteiger partial charge in [-0.05, 0) is 66.2 Å². The Morgan fingerprint density at radius 2 is 1.74 bits per heavy atom. The van der Waals surface area contributed by atoms with Crippen molar-refractivity contribution in [1.29, 1.82) is 0 Å². The van der Waals surface area contributed by atoms with Gasteiger partial charge in [0.2, 0.25) is 0 Å². The van der Waals surface area contributed by atoms with Gasteiger partial charge in [0.25, 0.3) is 0 Å². The second-order valence-electron chi connectivity index (χ2n) is 9.17. The third-order valence-corrected chi connectivity index (χ3v) is 4.54. The van der Waals surface area contributed by atoms with Crippen LogP contribution in [0, 0.1) is 5.41 Å². The lowest BCUT2D eigenvalue weighted by molar-refractivity contribution is -0.0260. The van der Waals surface area contributed by atoms with Crippen LogP contribution in [0.15, 0.2) is 11.6 Å². The summed E-state index contributed by atoms with van der Waals surface area (Å²) in [5.41, 5.74) is 0.770. The Kier molecular flexibility index (Phi) is 8.18. The second kappa shape index (κ2) is 9.47. The molecule has 0 saturated heterocycles. The molecule has 6 nitrogen and oxygen atoms in total. The maximum Gasteiger partial charge on any atom is 0.509 e. The average molecular weight is 384 g/mol. The minimum atomic E-state index is -0.621. The highest BCUT2D eigenvalue weighted by Crippen LogP contribution is 2.36. The molecule has 0 aliphatic carbocycles. The fraction of sp³-hybridized carbons (Fsp3) is 0.810. The molecule has 0 radical (unpaired) electrons. The quantitative estimate of drug-likeness (QED) is 0.459. The van der Waals surface area contributed by atoms with Gasteiger partial charge in [-0.25, -0.2) is 9.59 Å². The van der Waals surface area contributed by atoms with E-state index in [0.717, 1.165) is 19.3 Å². The van der Waals surface area contributed by atoms with Crippen LogP contribution in [0.3, 0.4) is 0 Å². The molecular weight excluding hydrogens is 346 g/mol. The van der Waals surface area contributed by atoms with Gasteiger partial charge in [0.1, 0.15) is 11.7 Å². The van der Waals surface area contributed by atoms with Crippen LogP contribution in [-0.2, 0) is 14.2 Å². The zero-order chi connectivity index (χ0) is 20.8. The number of amides is 1. The predicted octanol–water partition coefficient (Wildman–Crippen LogP) is 5.31. The summed E-state index contributed by atoms with van der Waals surface area (Å²) in [6, 6.07) is 0. The highest BCUT2D eigenvalue weighted by atomic mass is 16.7. The van der Waals surface area contributed by atoms with Crippen molar-refractivity contribution in [3.05, 3.63) is 11.6 Å². The summed E-state index contributed by atoms with van der Waals surface area (Å²) in [6.07, 6.45) is 3.42. The Hall–Kier alpha value is -1.72. The molecule has 1 unspecified atom stereocenters.